The normalized spacial score (nSPS) is 14.4. The van der Waals surface area contributed by atoms with Gasteiger partial charge in [0, 0.05) is 38.3 Å². The van der Waals surface area contributed by atoms with E-state index in [9.17, 15) is 4.79 Å². The Balaban J connectivity index is 1.32. The van der Waals surface area contributed by atoms with Gasteiger partial charge in [-0.3, -0.25) is 9.69 Å². The van der Waals surface area contributed by atoms with Crippen molar-refractivity contribution < 1.29 is 14.3 Å². The number of methoxy groups -OCH3 is 2. The van der Waals surface area contributed by atoms with Gasteiger partial charge in [-0.2, -0.15) is 0 Å². The SMILES string of the molecule is COc1ccc(C(=O)Nc2ccc(N3CCCN(Cc4ccc(C(C)C)cc4)CC3)nc2)cc1OC. The van der Waals surface area contributed by atoms with E-state index >= 15 is 0 Å². The van der Waals surface area contributed by atoms with Gasteiger partial charge in [-0.25, -0.2) is 4.98 Å². The molecule has 2 aromatic carbocycles. The monoisotopic (exact) mass is 488 g/mol. The van der Waals surface area contributed by atoms with Crippen LogP contribution in [0, 0.1) is 0 Å². The minimum absolute atomic E-state index is 0.225. The third-order valence-corrected chi connectivity index (χ3v) is 6.62. The van der Waals surface area contributed by atoms with E-state index in [4.69, 9.17) is 9.47 Å². The molecule has 0 atom stereocenters. The maximum Gasteiger partial charge on any atom is 0.255 e. The van der Waals surface area contributed by atoms with Crippen LogP contribution >= 0.6 is 0 Å². The molecule has 36 heavy (non-hydrogen) atoms. The van der Waals surface area contributed by atoms with Gasteiger partial charge in [0.25, 0.3) is 5.91 Å². The molecule has 1 saturated heterocycles. The molecule has 3 aromatic rings. The average molecular weight is 489 g/mol. The molecule has 0 unspecified atom stereocenters. The standard InChI is InChI=1S/C29H36N4O3/c1-21(2)23-8-6-22(7-9-23)20-32-14-5-15-33(17-16-32)28-13-11-25(19-30-28)31-29(34)24-10-12-26(35-3)27(18-24)36-4/h6-13,18-19,21H,5,14-17,20H2,1-4H3,(H,31,34). The molecule has 0 spiro atoms. The van der Waals surface area contributed by atoms with Crippen molar-refractivity contribution in [2.24, 2.45) is 0 Å². The molecule has 7 heteroatoms. The van der Waals surface area contributed by atoms with Gasteiger partial charge in [0.15, 0.2) is 11.5 Å². The number of hydrogen-bond donors (Lipinski definition) is 1. The van der Waals surface area contributed by atoms with Gasteiger partial charge in [0.1, 0.15) is 5.82 Å². The van der Waals surface area contributed by atoms with Crippen LogP contribution in [0.5, 0.6) is 11.5 Å². The highest BCUT2D eigenvalue weighted by Gasteiger charge is 2.17. The highest BCUT2D eigenvalue weighted by atomic mass is 16.5. The lowest BCUT2D eigenvalue weighted by Gasteiger charge is -2.23. The third kappa shape index (κ3) is 6.34. The number of amides is 1. The number of nitrogens with zero attached hydrogens (tertiary/aromatic N) is 3. The van der Waals surface area contributed by atoms with Crippen LogP contribution < -0.4 is 19.7 Å². The van der Waals surface area contributed by atoms with Gasteiger partial charge in [0.2, 0.25) is 0 Å². The number of pyridine rings is 1. The van der Waals surface area contributed by atoms with Crippen molar-refractivity contribution in [3.8, 4) is 11.5 Å². The van der Waals surface area contributed by atoms with E-state index in [-0.39, 0.29) is 5.91 Å². The molecule has 0 saturated carbocycles. The Morgan fingerprint density at radius 3 is 2.39 bits per heavy atom. The fourth-order valence-electron chi connectivity index (χ4n) is 4.45. The Hall–Kier alpha value is -3.58. The maximum absolute atomic E-state index is 12.7. The molecule has 1 amide bonds. The van der Waals surface area contributed by atoms with Gasteiger partial charge < -0.3 is 19.7 Å². The molecule has 1 N–H and O–H groups in total. The summed E-state index contributed by atoms with van der Waals surface area (Å²) in [6.07, 6.45) is 2.80. The van der Waals surface area contributed by atoms with Gasteiger partial charge >= 0.3 is 0 Å². The first-order valence-corrected chi connectivity index (χ1v) is 12.5. The van der Waals surface area contributed by atoms with Gasteiger partial charge in [-0.05, 0) is 53.8 Å². The van der Waals surface area contributed by atoms with E-state index in [0.29, 0.717) is 28.7 Å². The van der Waals surface area contributed by atoms with Crippen molar-refractivity contribution in [1.82, 2.24) is 9.88 Å². The zero-order valence-electron chi connectivity index (χ0n) is 21.7. The predicted octanol–water partition coefficient (Wildman–Crippen LogP) is 5.19. The second-order valence-electron chi connectivity index (χ2n) is 9.44. The van der Waals surface area contributed by atoms with E-state index in [1.54, 1.807) is 38.6 Å². The Kier molecular flexibility index (Phi) is 8.44. The van der Waals surface area contributed by atoms with E-state index in [2.05, 4.69) is 58.2 Å². The summed E-state index contributed by atoms with van der Waals surface area (Å²) in [6.45, 7) is 9.38. The van der Waals surface area contributed by atoms with Crippen molar-refractivity contribution in [3.63, 3.8) is 0 Å². The molecule has 190 valence electrons. The zero-order chi connectivity index (χ0) is 25.5. The van der Waals surface area contributed by atoms with Crippen LogP contribution in [0.25, 0.3) is 0 Å². The van der Waals surface area contributed by atoms with E-state index in [0.717, 1.165) is 45.0 Å². The molecule has 1 aromatic heterocycles. The molecule has 0 radical (unpaired) electrons. The molecule has 0 aliphatic carbocycles. The molecule has 7 nitrogen and oxygen atoms in total. The Morgan fingerprint density at radius 1 is 0.944 bits per heavy atom. The summed E-state index contributed by atoms with van der Waals surface area (Å²) in [5, 5.41) is 2.91. The molecule has 4 rings (SSSR count). The second-order valence-corrected chi connectivity index (χ2v) is 9.44. The smallest absolute Gasteiger partial charge is 0.255 e. The number of carbonyl (C=O) groups is 1. The summed E-state index contributed by atoms with van der Waals surface area (Å²) in [6, 6.07) is 18.0. The fraction of sp³-hybridized carbons (Fsp3) is 0.379. The molecule has 1 fully saturated rings. The minimum Gasteiger partial charge on any atom is -0.493 e. The first-order chi connectivity index (χ1) is 17.5. The zero-order valence-corrected chi connectivity index (χ0v) is 21.7. The Bertz CT molecular complexity index is 1150. The number of carbonyl (C=O) groups excluding carboxylic acids is 1. The van der Waals surface area contributed by atoms with Crippen LogP contribution in [0.4, 0.5) is 11.5 Å². The van der Waals surface area contributed by atoms with Crippen LogP contribution in [0.2, 0.25) is 0 Å². The quantitative estimate of drug-likeness (QED) is 0.471. The van der Waals surface area contributed by atoms with Gasteiger partial charge in [0.05, 0.1) is 26.1 Å². The largest absolute Gasteiger partial charge is 0.493 e. The lowest BCUT2D eigenvalue weighted by atomic mass is 10.0. The molecule has 2 heterocycles. The number of nitrogens with one attached hydrogen (secondary N) is 1. The lowest BCUT2D eigenvalue weighted by Crippen LogP contribution is -2.31. The summed E-state index contributed by atoms with van der Waals surface area (Å²) < 4.78 is 10.5. The number of rotatable bonds is 8. The van der Waals surface area contributed by atoms with Gasteiger partial charge in [-0.1, -0.05) is 38.1 Å². The van der Waals surface area contributed by atoms with Crippen LogP contribution in [0.3, 0.4) is 0 Å². The first-order valence-electron chi connectivity index (χ1n) is 12.5. The average Bonchev–Trinajstić information content (AvgIpc) is 3.14. The number of anilines is 2. The number of aromatic nitrogens is 1. The predicted molar refractivity (Wildman–Crippen MR) is 144 cm³/mol. The Morgan fingerprint density at radius 2 is 1.72 bits per heavy atom. The van der Waals surface area contributed by atoms with Crippen molar-refractivity contribution >= 4 is 17.4 Å². The minimum atomic E-state index is -0.225. The summed E-state index contributed by atoms with van der Waals surface area (Å²) in [5.74, 6) is 2.37. The Labute approximate surface area is 214 Å². The van der Waals surface area contributed by atoms with E-state index in [1.165, 1.54) is 11.1 Å². The van der Waals surface area contributed by atoms with Crippen molar-refractivity contribution in [2.45, 2.75) is 32.7 Å². The van der Waals surface area contributed by atoms with Crippen molar-refractivity contribution in [3.05, 3.63) is 77.5 Å². The molecular formula is C29H36N4O3. The van der Waals surface area contributed by atoms with Crippen molar-refractivity contribution in [2.75, 3.05) is 50.6 Å². The molecule has 0 bridgehead atoms. The number of hydrogen-bond acceptors (Lipinski definition) is 6. The highest BCUT2D eigenvalue weighted by molar-refractivity contribution is 6.04. The van der Waals surface area contributed by atoms with Crippen molar-refractivity contribution in [1.29, 1.82) is 0 Å². The second kappa shape index (κ2) is 11.9. The van der Waals surface area contributed by atoms with E-state index in [1.807, 2.05) is 12.1 Å². The highest BCUT2D eigenvalue weighted by Crippen LogP contribution is 2.28. The van der Waals surface area contributed by atoms with Crippen LogP contribution in [0.1, 0.15) is 47.7 Å². The summed E-state index contributed by atoms with van der Waals surface area (Å²) >= 11 is 0. The third-order valence-electron chi connectivity index (χ3n) is 6.62. The fourth-order valence-corrected chi connectivity index (χ4v) is 4.45. The molecule has 1 aliphatic rings. The van der Waals surface area contributed by atoms with Crippen LogP contribution in [0.15, 0.2) is 60.8 Å². The lowest BCUT2D eigenvalue weighted by molar-refractivity contribution is 0.102. The van der Waals surface area contributed by atoms with Crippen LogP contribution in [-0.4, -0.2) is 56.2 Å². The topological polar surface area (TPSA) is 66.9 Å². The molecular weight excluding hydrogens is 452 g/mol. The summed E-state index contributed by atoms with van der Waals surface area (Å²) in [4.78, 5) is 22.2. The summed E-state index contributed by atoms with van der Waals surface area (Å²) in [5.41, 5.74) is 3.89. The first kappa shape index (κ1) is 25.5. The number of benzene rings is 2. The number of ether oxygens (including phenoxy) is 2. The summed E-state index contributed by atoms with van der Waals surface area (Å²) in [7, 11) is 3.12. The van der Waals surface area contributed by atoms with Gasteiger partial charge in [-0.15, -0.1) is 0 Å². The molecule has 1 aliphatic heterocycles. The van der Waals surface area contributed by atoms with E-state index < -0.39 is 0 Å². The maximum atomic E-state index is 12.7. The van der Waals surface area contributed by atoms with Crippen LogP contribution in [-0.2, 0) is 6.54 Å².